The van der Waals surface area contributed by atoms with E-state index >= 15 is 0 Å². The largest absolute Gasteiger partial charge is 0.507 e. The Bertz CT molecular complexity index is 1390. The lowest BCUT2D eigenvalue weighted by Crippen LogP contribution is -2.51. The van der Waals surface area contributed by atoms with E-state index in [9.17, 15) is 49.2 Å². The van der Waals surface area contributed by atoms with Crippen LogP contribution in [0.3, 0.4) is 0 Å². The van der Waals surface area contributed by atoms with Crippen molar-refractivity contribution >= 4 is 46.4 Å². The first-order valence-corrected chi connectivity index (χ1v) is 14.5. The molecule has 1 aliphatic heterocycles. The Kier molecular flexibility index (Phi) is 13.6. The molecular formula is C29H39N7O10. The number of hydrazine groups is 1. The van der Waals surface area contributed by atoms with Crippen LogP contribution in [0.5, 0.6) is 5.75 Å². The number of hydrogen-bond donors (Lipinski definition) is 7. The Balaban J connectivity index is 1.56. The third-order valence-electron chi connectivity index (χ3n) is 7.24. The summed E-state index contributed by atoms with van der Waals surface area (Å²) in [5, 5.41) is 42.1. The van der Waals surface area contributed by atoms with Gasteiger partial charge in [-0.05, 0) is 22.9 Å². The van der Waals surface area contributed by atoms with Crippen LogP contribution in [0.1, 0.15) is 10.4 Å². The summed E-state index contributed by atoms with van der Waals surface area (Å²) in [5.74, 6) is -5.49. The molecule has 17 heteroatoms. The van der Waals surface area contributed by atoms with Crippen LogP contribution in [0.2, 0.25) is 0 Å². The summed E-state index contributed by atoms with van der Waals surface area (Å²) in [6.07, 6.45) is 0. The van der Waals surface area contributed by atoms with E-state index in [1.165, 1.54) is 12.1 Å². The number of carboxylic acids is 3. The fraction of sp³-hybridized carbons (Fsp3) is 0.448. The Morgan fingerprint density at radius 3 is 1.43 bits per heavy atom. The van der Waals surface area contributed by atoms with Crippen LogP contribution < -0.4 is 16.2 Å². The molecule has 0 aromatic heterocycles. The monoisotopic (exact) mass is 645 g/mol. The normalized spacial score (nSPS) is 16.1. The molecule has 3 rings (SSSR count). The van der Waals surface area contributed by atoms with Crippen LogP contribution in [0.4, 0.5) is 0 Å². The highest BCUT2D eigenvalue weighted by Gasteiger charge is 2.21. The first kappa shape index (κ1) is 35.6. The number of phenolic OH excluding ortho intramolecular Hbond substituents is 1. The van der Waals surface area contributed by atoms with Gasteiger partial charge in [0.2, 0.25) is 5.91 Å². The first-order chi connectivity index (χ1) is 21.9. The van der Waals surface area contributed by atoms with Crippen molar-refractivity contribution in [2.75, 3.05) is 85.1 Å². The maximum atomic E-state index is 12.8. The lowest BCUT2D eigenvalue weighted by atomic mass is 10.1. The number of nitrogens with one attached hydrogen (secondary N) is 3. The van der Waals surface area contributed by atoms with E-state index in [1.54, 1.807) is 43.9 Å². The smallest absolute Gasteiger partial charge is 0.317 e. The van der Waals surface area contributed by atoms with Crippen molar-refractivity contribution in [3.63, 3.8) is 0 Å². The highest BCUT2D eigenvalue weighted by atomic mass is 16.4. The van der Waals surface area contributed by atoms with Gasteiger partial charge in [0.1, 0.15) is 5.75 Å². The van der Waals surface area contributed by atoms with E-state index in [0.29, 0.717) is 5.39 Å². The number of carboxylic acid groups (broad SMARTS) is 3. The number of carbonyl (C=O) groups is 6. The van der Waals surface area contributed by atoms with E-state index in [1.807, 2.05) is 0 Å². The summed E-state index contributed by atoms with van der Waals surface area (Å²) in [6.45, 7) is 0.353. The highest BCUT2D eigenvalue weighted by Crippen LogP contribution is 2.24. The van der Waals surface area contributed by atoms with Crippen molar-refractivity contribution in [1.82, 2.24) is 35.8 Å². The SMILES string of the molecule is O=C(O)CN1CCN(CC(=O)O)CCN(CC(=O)NCC(=O)NNC(=O)c2cc3ccccc3cc2O)CCN(CC(=O)O)CC1. The summed E-state index contributed by atoms with van der Waals surface area (Å²) < 4.78 is 0. The topological polar surface area (TPSA) is 232 Å². The van der Waals surface area contributed by atoms with E-state index < -0.39 is 42.2 Å². The van der Waals surface area contributed by atoms with Gasteiger partial charge < -0.3 is 25.7 Å². The molecule has 7 N–H and O–H groups in total. The highest BCUT2D eigenvalue weighted by molar-refractivity contribution is 6.02. The maximum absolute atomic E-state index is 12.8. The molecule has 1 heterocycles. The van der Waals surface area contributed by atoms with Crippen LogP contribution >= 0.6 is 0 Å². The molecule has 1 fully saturated rings. The molecule has 1 aliphatic rings. The Hall–Kier alpha value is -4.84. The molecule has 0 spiro atoms. The number of carbonyl (C=O) groups excluding carboxylic acids is 3. The summed E-state index contributed by atoms with van der Waals surface area (Å²) >= 11 is 0. The van der Waals surface area contributed by atoms with Gasteiger partial charge >= 0.3 is 17.9 Å². The van der Waals surface area contributed by atoms with Crippen molar-refractivity contribution < 1.29 is 49.2 Å². The van der Waals surface area contributed by atoms with E-state index in [0.717, 1.165) is 5.39 Å². The van der Waals surface area contributed by atoms with Gasteiger partial charge in [-0.2, -0.15) is 0 Å². The average molecular weight is 646 g/mol. The van der Waals surface area contributed by atoms with Crippen LogP contribution in [0.15, 0.2) is 36.4 Å². The number of rotatable bonds is 11. The number of fused-ring (bicyclic) bond motifs is 1. The molecule has 17 nitrogen and oxygen atoms in total. The summed E-state index contributed by atoms with van der Waals surface area (Å²) in [5.41, 5.74) is 4.33. The number of aromatic hydroxyl groups is 1. The lowest BCUT2D eigenvalue weighted by molar-refractivity contribution is -0.140. The van der Waals surface area contributed by atoms with Gasteiger partial charge in [-0.25, -0.2) is 0 Å². The second-order valence-corrected chi connectivity index (χ2v) is 10.8. The third kappa shape index (κ3) is 12.3. The van der Waals surface area contributed by atoms with Gasteiger partial charge in [-0.3, -0.25) is 59.2 Å². The Labute approximate surface area is 264 Å². The van der Waals surface area contributed by atoms with Crippen LogP contribution in [0.25, 0.3) is 10.8 Å². The van der Waals surface area contributed by atoms with Crippen molar-refractivity contribution in [2.24, 2.45) is 0 Å². The van der Waals surface area contributed by atoms with Gasteiger partial charge in [-0.1, -0.05) is 24.3 Å². The second kappa shape index (κ2) is 17.6. The molecule has 0 atom stereocenters. The zero-order valence-electron chi connectivity index (χ0n) is 25.2. The minimum atomic E-state index is -1.07. The first-order valence-electron chi connectivity index (χ1n) is 14.5. The van der Waals surface area contributed by atoms with Crippen molar-refractivity contribution in [1.29, 1.82) is 0 Å². The van der Waals surface area contributed by atoms with E-state index in [-0.39, 0.29) is 89.9 Å². The number of phenols is 1. The standard InChI is InChI=1S/C29H39N7O10/c37-23-14-21-4-2-1-3-20(21)13-22(23)29(46)32-31-24(38)15-30-25(39)16-33-5-7-34(17-26(40)41)9-11-36(19-28(44)45)12-10-35(8-6-33)18-27(42)43/h1-4,13-14,37H,5-12,15-19H2,(H,30,39)(H,31,38)(H,32,46)(H,40,41)(H,42,43)(H,44,45). The molecule has 2 aromatic carbocycles. The summed E-state index contributed by atoms with van der Waals surface area (Å²) in [6, 6.07) is 10.0. The lowest BCUT2D eigenvalue weighted by Gasteiger charge is -2.32. The van der Waals surface area contributed by atoms with Gasteiger partial charge in [0.15, 0.2) is 0 Å². The van der Waals surface area contributed by atoms with Crippen LogP contribution in [-0.2, 0) is 24.0 Å². The molecule has 0 aliphatic carbocycles. The quantitative estimate of drug-likeness (QED) is 0.130. The number of amides is 3. The van der Waals surface area contributed by atoms with Crippen molar-refractivity contribution in [2.45, 2.75) is 0 Å². The van der Waals surface area contributed by atoms with Crippen molar-refractivity contribution in [3.05, 3.63) is 42.0 Å². The van der Waals surface area contributed by atoms with E-state index in [2.05, 4.69) is 16.2 Å². The molecule has 0 saturated carbocycles. The average Bonchev–Trinajstić information content (AvgIpc) is 2.99. The molecule has 1 saturated heterocycles. The molecule has 0 bridgehead atoms. The van der Waals surface area contributed by atoms with Crippen LogP contribution in [-0.4, -0.2) is 161 Å². The minimum Gasteiger partial charge on any atom is -0.507 e. The molecule has 250 valence electrons. The molecule has 46 heavy (non-hydrogen) atoms. The van der Waals surface area contributed by atoms with Gasteiger partial charge in [0.25, 0.3) is 11.8 Å². The number of hydrogen-bond acceptors (Lipinski definition) is 11. The number of aliphatic carboxylic acids is 3. The minimum absolute atomic E-state index is 0.0539. The molecule has 3 amide bonds. The molecular weight excluding hydrogens is 606 g/mol. The third-order valence-corrected chi connectivity index (χ3v) is 7.24. The molecule has 0 unspecified atom stereocenters. The predicted molar refractivity (Wildman–Crippen MR) is 163 cm³/mol. The summed E-state index contributed by atoms with van der Waals surface area (Å²) in [7, 11) is 0. The van der Waals surface area contributed by atoms with Crippen molar-refractivity contribution in [3.8, 4) is 5.75 Å². The Morgan fingerprint density at radius 2 is 1.00 bits per heavy atom. The molecule has 2 aromatic rings. The number of nitrogens with zero attached hydrogens (tertiary/aromatic N) is 4. The van der Waals surface area contributed by atoms with Gasteiger partial charge in [-0.15, -0.1) is 0 Å². The number of benzene rings is 2. The zero-order valence-corrected chi connectivity index (χ0v) is 25.2. The fourth-order valence-electron chi connectivity index (χ4n) is 4.87. The second-order valence-electron chi connectivity index (χ2n) is 10.8. The fourth-order valence-corrected chi connectivity index (χ4v) is 4.87. The predicted octanol–water partition coefficient (Wildman–Crippen LogP) is -2.10. The molecule has 0 radical (unpaired) electrons. The van der Waals surface area contributed by atoms with Gasteiger partial charge in [0, 0.05) is 52.4 Å². The van der Waals surface area contributed by atoms with Crippen LogP contribution in [0, 0.1) is 0 Å². The zero-order chi connectivity index (χ0) is 33.6. The van der Waals surface area contributed by atoms with E-state index in [4.69, 9.17) is 0 Å². The summed E-state index contributed by atoms with van der Waals surface area (Å²) in [4.78, 5) is 78.4. The maximum Gasteiger partial charge on any atom is 0.317 e. The Morgan fingerprint density at radius 1 is 0.587 bits per heavy atom. The van der Waals surface area contributed by atoms with Gasteiger partial charge in [0.05, 0.1) is 38.3 Å².